The Kier molecular flexibility index (Phi) is 16.0. The van der Waals surface area contributed by atoms with Crippen molar-refractivity contribution in [2.75, 3.05) is 0 Å². The second-order valence-corrected chi connectivity index (χ2v) is 7.52. The first kappa shape index (κ1) is 26.1. The van der Waals surface area contributed by atoms with Crippen molar-refractivity contribution < 1.29 is 24.6 Å². The van der Waals surface area contributed by atoms with Crippen molar-refractivity contribution in [2.45, 2.75) is 90.9 Å². The Labute approximate surface area is 169 Å². The molecule has 0 saturated carbocycles. The molecular formula is C23H38O5. The number of Topliss-reactive ketones (excluding diaryl/α,β-unsaturated/α-hetero) is 1. The van der Waals surface area contributed by atoms with Gasteiger partial charge in [-0.05, 0) is 38.5 Å². The second-order valence-electron chi connectivity index (χ2n) is 7.52. The highest BCUT2D eigenvalue weighted by atomic mass is 16.4. The summed E-state index contributed by atoms with van der Waals surface area (Å²) in [5, 5.41) is 18.4. The molecule has 0 spiro atoms. The van der Waals surface area contributed by atoms with Gasteiger partial charge in [-0.25, -0.2) is 0 Å². The molecule has 0 heterocycles. The summed E-state index contributed by atoms with van der Waals surface area (Å²) in [5.41, 5.74) is 0. The fourth-order valence-corrected chi connectivity index (χ4v) is 3.22. The number of carboxylic acid groups (broad SMARTS) is 2. The quantitative estimate of drug-likeness (QED) is 0.227. The van der Waals surface area contributed by atoms with Crippen molar-refractivity contribution >= 4 is 17.7 Å². The highest BCUT2D eigenvalue weighted by Crippen LogP contribution is 2.24. The van der Waals surface area contributed by atoms with Crippen LogP contribution in [0.25, 0.3) is 0 Å². The maximum Gasteiger partial charge on any atom is 0.307 e. The minimum atomic E-state index is -1.07. The smallest absolute Gasteiger partial charge is 0.307 e. The average Bonchev–Trinajstić information content (AvgIpc) is 2.62. The SMILES string of the molecule is CCCCCC(/C=C/C=C\CCCCCCCC(C)=O)C(CC(=O)O)C(=O)O. The van der Waals surface area contributed by atoms with Gasteiger partial charge in [-0.1, -0.05) is 69.8 Å². The van der Waals surface area contributed by atoms with E-state index in [2.05, 4.69) is 13.0 Å². The third-order valence-corrected chi connectivity index (χ3v) is 4.87. The van der Waals surface area contributed by atoms with Crippen LogP contribution in [0.3, 0.4) is 0 Å². The van der Waals surface area contributed by atoms with Gasteiger partial charge in [0.25, 0.3) is 0 Å². The molecular weight excluding hydrogens is 356 g/mol. The maximum absolute atomic E-state index is 11.5. The van der Waals surface area contributed by atoms with Crippen LogP contribution < -0.4 is 0 Å². The lowest BCUT2D eigenvalue weighted by atomic mass is 9.85. The van der Waals surface area contributed by atoms with Crippen molar-refractivity contribution in [1.29, 1.82) is 0 Å². The van der Waals surface area contributed by atoms with Crippen molar-refractivity contribution in [1.82, 2.24) is 0 Å². The highest BCUT2D eigenvalue weighted by Gasteiger charge is 2.28. The molecule has 0 aromatic rings. The molecule has 0 saturated heterocycles. The first-order valence-corrected chi connectivity index (χ1v) is 10.7. The number of rotatable bonds is 18. The Bertz CT molecular complexity index is 507. The topological polar surface area (TPSA) is 91.7 Å². The van der Waals surface area contributed by atoms with Gasteiger partial charge in [0.2, 0.25) is 0 Å². The average molecular weight is 395 g/mol. The van der Waals surface area contributed by atoms with Gasteiger partial charge in [0, 0.05) is 6.42 Å². The van der Waals surface area contributed by atoms with Crippen LogP contribution >= 0.6 is 0 Å². The van der Waals surface area contributed by atoms with Crippen LogP contribution in [0.4, 0.5) is 0 Å². The molecule has 0 aromatic carbocycles. The number of aliphatic carboxylic acids is 2. The molecule has 28 heavy (non-hydrogen) atoms. The number of carboxylic acids is 2. The Hall–Kier alpha value is -1.91. The Morgan fingerprint density at radius 2 is 1.57 bits per heavy atom. The molecule has 0 bridgehead atoms. The second kappa shape index (κ2) is 17.2. The summed E-state index contributed by atoms with van der Waals surface area (Å²) in [6.45, 7) is 3.72. The molecule has 0 aliphatic heterocycles. The molecule has 0 aromatic heterocycles. The van der Waals surface area contributed by atoms with Gasteiger partial charge >= 0.3 is 11.9 Å². The van der Waals surface area contributed by atoms with E-state index >= 15 is 0 Å². The number of unbranched alkanes of at least 4 members (excludes halogenated alkanes) is 7. The monoisotopic (exact) mass is 394 g/mol. The van der Waals surface area contributed by atoms with Crippen LogP contribution in [-0.4, -0.2) is 27.9 Å². The molecule has 0 fully saturated rings. The molecule has 5 heteroatoms. The van der Waals surface area contributed by atoms with E-state index < -0.39 is 17.9 Å². The van der Waals surface area contributed by atoms with Crippen molar-refractivity contribution in [3.8, 4) is 0 Å². The zero-order valence-electron chi connectivity index (χ0n) is 17.6. The van der Waals surface area contributed by atoms with E-state index in [0.717, 1.165) is 57.8 Å². The Morgan fingerprint density at radius 3 is 2.18 bits per heavy atom. The lowest BCUT2D eigenvalue weighted by Crippen LogP contribution is -2.25. The van der Waals surface area contributed by atoms with Gasteiger partial charge < -0.3 is 15.0 Å². The first-order valence-electron chi connectivity index (χ1n) is 10.7. The van der Waals surface area contributed by atoms with Crippen LogP contribution in [0.5, 0.6) is 0 Å². The predicted octanol–water partition coefficient (Wildman–Crippen LogP) is 5.79. The van der Waals surface area contributed by atoms with E-state index in [1.165, 1.54) is 0 Å². The van der Waals surface area contributed by atoms with E-state index in [4.69, 9.17) is 5.11 Å². The summed E-state index contributed by atoms with van der Waals surface area (Å²) in [7, 11) is 0. The van der Waals surface area contributed by atoms with Crippen LogP contribution in [0.2, 0.25) is 0 Å². The van der Waals surface area contributed by atoms with Crippen molar-refractivity contribution in [3.05, 3.63) is 24.3 Å². The molecule has 2 N–H and O–H groups in total. The van der Waals surface area contributed by atoms with Crippen LogP contribution in [0.15, 0.2) is 24.3 Å². The molecule has 0 aliphatic rings. The van der Waals surface area contributed by atoms with Gasteiger partial charge in [0.15, 0.2) is 0 Å². The van der Waals surface area contributed by atoms with Crippen LogP contribution in [-0.2, 0) is 14.4 Å². The number of allylic oxidation sites excluding steroid dienone is 4. The van der Waals surface area contributed by atoms with E-state index in [1.54, 1.807) is 6.92 Å². The molecule has 0 radical (unpaired) electrons. The molecule has 5 nitrogen and oxygen atoms in total. The zero-order chi connectivity index (χ0) is 21.2. The molecule has 0 rings (SSSR count). The number of ketones is 1. The number of hydrogen-bond donors (Lipinski definition) is 2. The predicted molar refractivity (Wildman–Crippen MR) is 112 cm³/mol. The summed E-state index contributed by atoms with van der Waals surface area (Å²) in [6, 6.07) is 0. The molecule has 2 unspecified atom stereocenters. The molecule has 0 aliphatic carbocycles. The number of hydrogen-bond acceptors (Lipinski definition) is 3. The fourth-order valence-electron chi connectivity index (χ4n) is 3.22. The van der Waals surface area contributed by atoms with E-state index in [-0.39, 0.29) is 18.1 Å². The van der Waals surface area contributed by atoms with Gasteiger partial charge in [0.1, 0.15) is 5.78 Å². The first-order chi connectivity index (χ1) is 13.4. The standard InChI is InChI=1S/C23H38O5/c1-3-4-12-16-20(21(23(27)28)18-22(25)26)17-14-11-9-7-5-6-8-10-13-15-19(2)24/h9,11,14,17,20-21H,3-8,10,12-13,15-16,18H2,1-2H3,(H,25,26)(H,27,28)/b11-9-,17-14+. The minimum absolute atomic E-state index is 0.258. The number of carbonyl (C=O) groups excluding carboxylic acids is 1. The zero-order valence-corrected chi connectivity index (χ0v) is 17.6. The highest BCUT2D eigenvalue weighted by molar-refractivity contribution is 5.78. The molecule has 2 atom stereocenters. The Morgan fingerprint density at radius 1 is 0.893 bits per heavy atom. The number of carbonyl (C=O) groups is 3. The van der Waals surface area contributed by atoms with Gasteiger partial charge in [0.05, 0.1) is 12.3 Å². The van der Waals surface area contributed by atoms with Crippen molar-refractivity contribution in [2.24, 2.45) is 11.8 Å². The summed E-state index contributed by atoms with van der Waals surface area (Å²) in [5.74, 6) is -2.99. The summed E-state index contributed by atoms with van der Waals surface area (Å²) >= 11 is 0. The fraction of sp³-hybridized carbons (Fsp3) is 0.696. The van der Waals surface area contributed by atoms with E-state index in [9.17, 15) is 19.5 Å². The van der Waals surface area contributed by atoms with Crippen LogP contribution in [0, 0.1) is 11.8 Å². The van der Waals surface area contributed by atoms with Crippen LogP contribution in [0.1, 0.15) is 90.9 Å². The Balaban J connectivity index is 4.35. The van der Waals surface area contributed by atoms with Crippen molar-refractivity contribution in [3.63, 3.8) is 0 Å². The molecule has 160 valence electrons. The third-order valence-electron chi connectivity index (χ3n) is 4.87. The maximum atomic E-state index is 11.5. The van der Waals surface area contributed by atoms with E-state index in [0.29, 0.717) is 12.8 Å². The normalized spacial score (nSPS) is 13.8. The summed E-state index contributed by atoms with van der Waals surface area (Å²) in [6.07, 6.45) is 18.2. The minimum Gasteiger partial charge on any atom is -0.481 e. The lowest BCUT2D eigenvalue weighted by molar-refractivity contribution is -0.149. The lowest BCUT2D eigenvalue weighted by Gasteiger charge is -2.19. The summed E-state index contributed by atoms with van der Waals surface area (Å²) in [4.78, 5) is 33.4. The van der Waals surface area contributed by atoms with Gasteiger partial charge in [-0.2, -0.15) is 0 Å². The van der Waals surface area contributed by atoms with Gasteiger partial charge in [-0.15, -0.1) is 0 Å². The van der Waals surface area contributed by atoms with Gasteiger partial charge in [-0.3, -0.25) is 9.59 Å². The van der Waals surface area contributed by atoms with E-state index in [1.807, 2.05) is 18.2 Å². The third kappa shape index (κ3) is 15.2. The largest absolute Gasteiger partial charge is 0.481 e. The summed E-state index contributed by atoms with van der Waals surface area (Å²) < 4.78 is 0. The molecule has 0 amide bonds.